The Balaban J connectivity index is 1.17. The molecule has 14 nitrogen and oxygen atoms in total. The maximum atomic E-state index is 14.1. The van der Waals surface area contributed by atoms with Crippen LogP contribution >= 0.6 is 0 Å². The van der Waals surface area contributed by atoms with Crippen LogP contribution in [0.2, 0.25) is 0 Å². The molecule has 0 unspecified atom stereocenters. The maximum Gasteiger partial charge on any atom is 0.331 e. The molecule has 3 saturated carbocycles. The fraction of sp³-hybridized carbons (Fsp3) is 0.729. The van der Waals surface area contributed by atoms with Gasteiger partial charge in [0.2, 0.25) is 0 Å². The normalized spacial score (nSPS) is 42.3. The maximum absolute atomic E-state index is 14.1. The molecule has 1 aromatic rings. The van der Waals surface area contributed by atoms with E-state index in [1.165, 1.54) is 18.6 Å². The van der Waals surface area contributed by atoms with Crippen LogP contribution in [0.15, 0.2) is 48.1 Å². The second-order valence-corrected chi connectivity index (χ2v) is 19.8. The number of fused-ring (bicyclic) bond motifs is 5. The summed E-state index contributed by atoms with van der Waals surface area (Å²) >= 11 is 0. The third-order valence-electron chi connectivity index (χ3n) is 15.6. The van der Waals surface area contributed by atoms with Gasteiger partial charge in [-0.25, -0.2) is 4.79 Å². The molecular formula is C48H68O14. The van der Waals surface area contributed by atoms with Crippen molar-refractivity contribution < 1.29 is 68.3 Å². The van der Waals surface area contributed by atoms with E-state index in [0.717, 1.165) is 37.3 Å². The van der Waals surface area contributed by atoms with Gasteiger partial charge < -0.3 is 54.0 Å². The number of ether oxygens (including phenoxy) is 6. The highest BCUT2D eigenvalue weighted by molar-refractivity contribution is 5.87. The zero-order valence-electron chi connectivity index (χ0n) is 37.0. The van der Waals surface area contributed by atoms with Gasteiger partial charge in [-0.1, -0.05) is 76.6 Å². The Morgan fingerprint density at radius 1 is 0.871 bits per heavy atom. The fourth-order valence-electron chi connectivity index (χ4n) is 12.1. The molecule has 0 spiro atoms. The first-order valence-electron chi connectivity index (χ1n) is 22.7. The summed E-state index contributed by atoms with van der Waals surface area (Å²) in [5.41, 5.74) is -0.462. The van der Waals surface area contributed by atoms with Crippen molar-refractivity contribution in [3.05, 3.63) is 53.6 Å². The summed E-state index contributed by atoms with van der Waals surface area (Å²) in [7, 11) is 0. The number of rotatable bonds is 13. The van der Waals surface area contributed by atoms with Crippen LogP contribution in [0.3, 0.4) is 0 Å². The number of aliphatic hydroxyl groups excluding tert-OH is 4. The Morgan fingerprint density at radius 3 is 2.26 bits per heavy atom. The van der Waals surface area contributed by atoms with Crippen LogP contribution in [0.4, 0.5) is 0 Å². The predicted octanol–water partition coefficient (Wildman–Crippen LogP) is 4.42. The average molecular weight is 869 g/mol. The molecule has 344 valence electrons. The van der Waals surface area contributed by atoms with Crippen molar-refractivity contribution in [1.29, 1.82) is 0 Å². The lowest BCUT2D eigenvalue weighted by atomic mass is 9.46. The molecule has 4 aliphatic carbocycles. The van der Waals surface area contributed by atoms with Gasteiger partial charge in [-0.05, 0) is 92.1 Å². The molecule has 1 aromatic carbocycles. The van der Waals surface area contributed by atoms with Crippen molar-refractivity contribution in [2.45, 2.75) is 166 Å². The lowest BCUT2D eigenvalue weighted by Gasteiger charge is -2.59. The standard InChI is InChI=1S/C48H68O14/c1-26(2)12-16-35(51)27(3)48(56)38(23-34-32-15-14-30-22-31(50)18-20-46(30,5)33(32)19-21-47(34,48)6)60-45-43(59-28(4)49)41(37(53)25-58-45)62-44-42(40(55)36(52)24-57-44)61-39(54)17-13-29-10-8-7-9-11-29/h7-11,13-14,17,26-27,31-34,36-38,40-45,50,52-53,55-56H,12,15-16,18-25H2,1-6H3/b17-13+/t27-,31+,32-,33+,34+,36+,37+,38+,40-,41+,42+,43-,44-,45-,46+,47+,48-/m1/s1. The lowest BCUT2D eigenvalue weighted by molar-refractivity contribution is -0.346. The summed E-state index contributed by atoms with van der Waals surface area (Å²) in [6.07, 6.45) is -2.27. The summed E-state index contributed by atoms with van der Waals surface area (Å²) in [5, 5.41) is 57.0. The van der Waals surface area contributed by atoms with Gasteiger partial charge in [0.25, 0.3) is 0 Å². The van der Waals surface area contributed by atoms with Crippen molar-refractivity contribution >= 4 is 23.8 Å². The first-order valence-corrected chi connectivity index (χ1v) is 22.7. The molecule has 2 saturated heterocycles. The second-order valence-electron chi connectivity index (χ2n) is 19.8. The summed E-state index contributed by atoms with van der Waals surface area (Å²) in [4.78, 5) is 40.0. The SMILES string of the molecule is CC(=O)O[C@H]1[C@@H](O[C@H]2C[C@H]3[C@@H]4CC=C5C[C@@H](O)CC[C@]5(C)[C@H]4CC[C@]3(C)[C@@]2(O)[C@H](C)C(=O)CCC(C)C)OC[C@H](O)[C@@H]1O[C@H]1OC[C@H](O)[C@@H](O)[C@@H]1OC(=O)/C=C/c1ccccc1. The van der Waals surface area contributed by atoms with Crippen molar-refractivity contribution in [2.24, 2.45) is 40.4 Å². The Morgan fingerprint density at radius 2 is 1.56 bits per heavy atom. The van der Waals surface area contributed by atoms with Crippen LogP contribution < -0.4 is 0 Å². The third kappa shape index (κ3) is 8.97. The number of benzene rings is 1. The predicted molar refractivity (Wildman–Crippen MR) is 224 cm³/mol. The van der Waals surface area contributed by atoms with E-state index >= 15 is 0 Å². The quantitative estimate of drug-likeness (QED) is 0.106. The Labute approximate surface area is 364 Å². The van der Waals surface area contributed by atoms with Crippen molar-refractivity contribution in [3.8, 4) is 0 Å². The van der Waals surface area contributed by atoms with E-state index < -0.39 is 90.8 Å². The van der Waals surface area contributed by atoms with Gasteiger partial charge in [-0.3, -0.25) is 9.59 Å². The molecular weight excluding hydrogens is 801 g/mol. The van der Waals surface area contributed by atoms with E-state index in [1.807, 2.05) is 6.07 Å². The van der Waals surface area contributed by atoms with Crippen LogP contribution in [0.5, 0.6) is 0 Å². The van der Waals surface area contributed by atoms with Crippen molar-refractivity contribution in [2.75, 3.05) is 13.2 Å². The highest BCUT2D eigenvalue weighted by atomic mass is 16.8. The Kier molecular flexibility index (Phi) is 14.2. The fourth-order valence-corrected chi connectivity index (χ4v) is 12.1. The van der Waals surface area contributed by atoms with Crippen LogP contribution in [0.25, 0.3) is 6.08 Å². The van der Waals surface area contributed by atoms with E-state index in [1.54, 1.807) is 31.2 Å². The molecule has 17 atom stereocenters. The molecule has 7 rings (SSSR count). The molecule has 2 heterocycles. The number of carbonyl (C=O) groups excluding carboxylic acids is 3. The number of allylic oxidation sites excluding steroid dienone is 1. The van der Waals surface area contributed by atoms with Crippen molar-refractivity contribution in [1.82, 2.24) is 0 Å². The molecule has 0 amide bonds. The number of carbonyl (C=O) groups is 3. The summed E-state index contributed by atoms with van der Waals surface area (Å²) in [5.74, 6) is -1.77. The Hall–Kier alpha value is -3.05. The number of aliphatic hydroxyl groups is 5. The van der Waals surface area contributed by atoms with E-state index in [4.69, 9.17) is 28.4 Å². The molecule has 14 heteroatoms. The number of Topliss-reactive ketones (excluding diaryl/α,β-unsaturated/α-hetero) is 1. The van der Waals surface area contributed by atoms with E-state index in [2.05, 4.69) is 33.8 Å². The largest absolute Gasteiger partial charge is 0.454 e. The van der Waals surface area contributed by atoms with Crippen LogP contribution in [-0.2, 0) is 42.8 Å². The topological polar surface area (TPSA) is 208 Å². The van der Waals surface area contributed by atoms with Gasteiger partial charge in [0.1, 0.15) is 35.8 Å². The molecule has 5 fully saturated rings. The monoisotopic (exact) mass is 868 g/mol. The Bertz CT molecular complexity index is 1820. The summed E-state index contributed by atoms with van der Waals surface area (Å²) in [6, 6.07) is 9.01. The zero-order valence-corrected chi connectivity index (χ0v) is 37.0. The number of hydrogen-bond acceptors (Lipinski definition) is 14. The first kappa shape index (κ1) is 46.9. The highest BCUT2D eigenvalue weighted by Crippen LogP contribution is 2.69. The smallest absolute Gasteiger partial charge is 0.331 e. The minimum Gasteiger partial charge on any atom is -0.454 e. The zero-order chi connectivity index (χ0) is 44.7. The van der Waals surface area contributed by atoms with Crippen LogP contribution in [0.1, 0.15) is 105 Å². The van der Waals surface area contributed by atoms with Gasteiger partial charge in [0, 0.05) is 30.8 Å². The highest BCUT2D eigenvalue weighted by Gasteiger charge is 2.70. The molecule has 62 heavy (non-hydrogen) atoms. The van der Waals surface area contributed by atoms with Gasteiger partial charge >= 0.3 is 11.9 Å². The molecule has 0 bridgehead atoms. The van der Waals surface area contributed by atoms with Gasteiger partial charge in [-0.15, -0.1) is 0 Å². The second kappa shape index (κ2) is 18.8. The van der Waals surface area contributed by atoms with Gasteiger partial charge in [-0.2, -0.15) is 0 Å². The molecule has 0 aromatic heterocycles. The van der Waals surface area contributed by atoms with E-state index in [9.17, 15) is 39.9 Å². The molecule has 5 N–H and O–H groups in total. The van der Waals surface area contributed by atoms with Crippen molar-refractivity contribution in [3.63, 3.8) is 0 Å². The molecule has 6 aliphatic rings. The first-order chi connectivity index (χ1) is 29.4. The summed E-state index contributed by atoms with van der Waals surface area (Å²) in [6.45, 7) is 10.8. The average Bonchev–Trinajstić information content (AvgIpc) is 3.47. The number of ketones is 1. The van der Waals surface area contributed by atoms with E-state index in [0.29, 0.717) is 38.0 Å². The number of hydrogen-bond donors (Lipinski definition) is 5. The minimum absolute atomic E-state index is 0.0542. The van der Waals surface area contributed by atoms with Gasteiger partial charge in [0.05, 0.1) is 25.4 Å². The summed E-state index contributed by atoms with van der Waals surface area (Å²) < 4.78 is 36.4. The minimum atomic E-state index is -1.67. The van der Waals surface area contributed by atoms with Crippen LogP contribution in [-0.4, -0.2) is 123 Å². The van der Waals surface area contributed by atoms with E-state index in [-0.39, 0.29) is 41.7 Å². The molecule has 0 radical (unpaired) electrons. The lowest BCUT2D eigenvalue weighted by Crippen LogP contribution is -2.64. The number of esters is 2. The third-order valence-corrected chi connectivity index (χ3v) is 15.6. The van der Waals surface area contributed by atoms with Gasteiger partial charge in [0.15, 0.2) is 24.8 Å². The molecule has 2 aliphatic heterocycles. The van der Waals surface area contributed by atoms with Crippen LogP contribution in [0, 0.1) is 40.4 Å².